The van der Waals surface area contributed by atoms with Gasteiger partial charge in [0.2, 0.25) is 0 Å². The van der Waals surface area contributed by atoms with Gasteiger partial charge in [-0.15, -0.1) is 6.58 Å². The number of hydrogen-bond donors (Lipinski definition) is 1. The second-order valence-electron chi connectivity index (χ2n) is 3.71. The van der Waals surface area contributed by atoms with Gasteiger partial charge in [0.25, 0.3) is 0 Å². The van der Waals surface area contributed by atoms with E-state index in [2.05, 4.69) is 26.3 Å². The Labute approximate surface area is 118 Å². The van der Waals surface area contributed by atoms with Crippen LogP contribution in [0.3, 0.4) is 0 Å². The lowest BCUT2D eigenvalue weighted by atomic mass is 9.89. The molecule has 0 saturated carbocycles. The van der Waals surface area contributed by atoms with Crippen molar-refractivity contribution in [1.82, 2.24) is 0 Å². The highest BCUT2D eigenvalue weighted by molar-refractivity contribution is 5.38. The van der Waals surface area contributed by atoms with Crippen molar-refractivity contribution < 1.29 is 0 Å². The Morgan fingerprint density at radius 3 is 1.79 bits per heavy atom. The molecule has 1 nitrogen and oxygen atoms in total. The fraction of sp³-hybridized carbons (Fsp3) is 0.222. The second-order valence-corrected chi connectivity index (χ2v) is 3.71. The lowest BCUT2D eigenvalue weighted by molar-refractivity contribution is 0.756. The first-order valence-electron chi connectivity index (χ1n) is 6.34. The molecular weight excluding hydrogens is 230 g/mol. The number of nitrogens with two attached hydrogens (primary N) is 1. The fourth-order valence-corrected chi connectivity index (χ4v) is 1.54. The fourth-order valence-electron chi connectivity index (χ4n) is 1.54. The third-order valence-corrected chi connectivity index (χ3v) is 2.26. The smallest absolute Gasteiger partial charge is 0.0212 e. The normalized spacial score (nSPS) is 13.2. The van der Waals surface area contributed by atoms with Gasteiger partial charge in [0.05, 0.1) is 0 Å². The van der Waals surface area contributed by atoms with Gasteiger partial charge in [0, 0.05) is 12.5 Å². The maximum Gasteiger partial charge on any atom is 0.0212 e. The highest BCUT2D eigenvalue weighted by atomic mass is 14.5. The van der Waals surface area contributed by atoms with Crippen LogP contribution in [0.25, 0.3) is 0 Å². The molecule has 0 aliphatic heterocycles. The van der Waals surface area contributed by atoms with E-state index in [-0.39, 0.29) is 5.92 Å². The Kier molecular flexibility index (Phi) is 14.6. The van der Waals surface area contributed by atoms with E-state index in [9.17, 15) is 0 Å². The molecule has 0 aliphatic carbocycles. The molecule has 0 saturated heterocycles. The molecule has 19 heavy (non-hydrogen) atoms. The number of hydrogen-bond acceptors (Lipinski definition) is 1. The van der Waals surface area contributed by atoms with Crippen molar-refractivity contribution in [2.45, 2.75) is 13.8 Å². The molecular formula is C18H27N. The summed E-state index contributed by atoms with van der Waals surface area (Å²) in [6, 6.07) is 0. The Morgan fingerprint density at radius 1 is 1.00 bits per heavy atom. The topological polar surface area (TPSA) is 26.0 Å². The Balaban J connectivity index is 0. The third-order valence-electron chi connectivity index (χ3n) is 2.26. The summed E-state index contributed by atoms with van der Waals surface area (Å²) < 4.78 is 0. The summed E-state index contributed by atoms with van der Waals surface area (Å²) in [5, 5.41) is 0. The summed E-state index contributed by atoms with van der Waals surface area (Å²) >= 11 is 0. The van der Waals surface area contributed by atoms with Gasteiger partial charge in [-0.3, -0.25) is 0 Å². The molecule has 0 spiro atoms. The van der Waals surface area contributed by atoms with Crippen LogP contribution in [0.2, 0.25) is 0 Å². The Hall–Kier alpha value is -1.86. The minimum absolute atomic E-state index is 0.143. The van der Waals surface area contributed by atoms with Gasteiger partial charge in [-0.25, -0.2) is 0 Å². The first-order valence-corrected chi connectivity index (χ1v) is 6.34. The van der Waals surface area contributed by atoms with Crippen molar-refractivity contribution in [3.8, 4) is 0 Å². The lowest BCUT2D eigenvalue weighted by Gasteiger charge is -2.17. The predicted octanol–water partition coefficient (Wildman–Crippen LogP) is 4.74. The van der Waals surface area contributed by atoms with Crippen LogP contribution < -0.4 is 5.73 Å². The highest BCUT2D eigenvalue weighted by Gasteiger charge is 2.12. The van der Waals surface area contributed by atoms with E-state index < -0.39 is 0 Å². The number of rotatable bonds is 7. The quantitative estimate of drug-likeness (QED) is 0.517. The third kappa shape index (κ3) is 8.81. The van der Waals surface area contributed by atoms with Crippen LogP contribution in [0, 0.1) is 5.92 Å². The summed E-state index contributed by atoms with van der Waals surface area (Å²) in [6.45, 7) is 19.0. The van der Waals surface area contributed by atoms with Gasteiger partial charge in [-0.2, -0.15) is 0 Å². The van der Waals surface area contributed by atoms with Crippen molar-refractivity contribution in [3.05, 3.63) is 86.1 Å². The highest BCUT2D eigenvalue weighted by Crippen LogP contribution is 2.22. The molecule has 1 unspecified atom stereocenters. The van der Waals surface area contributed by atoms with Gasteiger partial charge in [-0.05, 0) is 25.0 Å². The van der Waals surface area contributed by atoms with E-state index in [0.717, 1.165) is 11.1 Å². The molecule has 0 rings (SSSR count). The minimum Gasteiger partial charge on any atom is -0.330 e. The summed E-state index contributed by atoms with van der Waals surface area (Å²) in [5.74, 6) is 0.143. The minimum atomic E-state index is 0.143. The summed E-state index contributed by atoms with van der Waals surface area (Å²) in [6.07, 6.45) is 15.0. The molecule has 0 aromatic heterocycles. The van der Waals surface area contributed by atoms with E-state index in [1.807, 2.05) is 44.2 Å². The van der Waals surface area contributed by atoms with E-state index in [4.69, 9.17) is 5.73 Å². The monoisotopic (exact) mass is 257 g/mol. The average Bonchev–Trinajstić information content (AvgIpc) is 2.40. The zero-order valence-corrected chi connectivity index (χ0v) is 12.3. The summed E-state index contributed by atoms with van der Waals surface area (Å²) in [7, 11) is 0. The molecule has 0 heterocycles. The molecule has 0 aromatic rings. The molecule has 1 atom stereocenters. The molecule has 1 heteroatoms. The van der Waals surface area contributed by atoms with Crippen LogP contribution in [0.1, 0.15) is 13.8 Å². The Morgan fingerprint density at radius 2 is 1.47 bits per heavy atom. The van der Waals surface area contributed by atoms with Crippen LogP contribution in [0.15, 0.2) is 86.1 Å². The second kappa shape index (κ2) is 14.2. The molecule has 0 aliphatic rings. The molecule has 0 bridgehead atoms. The molecule has 0 radical (unpaired) electrons. The maximum atomic E-state index is 5.81. The van der Waals surface area contributed by atoms with Crippen molar-refractivity contribution in [2.75, 3.05) is 6.54 Å². The molecule has 2 N–H and O–H groups in total. The zero-order chi connectivity index (χ0) is 15.1. The van der Waals surface area contributed by atoms with Gasteiger partial charge in [0.1, 0.15) is 0 Å². The van der Waals surface area contributed by atoms with E-state index in [0.29, 0.717) is 6.54 Å². The first-order chi connectivity index (χ1) is 9.16. The average molecular weight is 257 g/mol. The van der Waals surface area contributed by atoms with Crippen molar-refractivity contribution in [2.24, 2.45) is 11.7 Å². The molecule has 0 fully saturated rings. The first kappa shape index (κ1) is 19.5. The van der Waals surface area contributed by atoms with Crippen LogP contribution in [0.5, 0.6) is 0 Å². The van der Waals surface area contributed by atoms with Crippen LogP contribution in [-0.4, -0.2) is 6.54 Å². The lowest BCUT2D eigenvalue weighted by Crippen LogP contribution is -2.17. The van der Waals surface area contributed by atoms with E-state index >= 15 is 0 Å². The maximum absolute atomic E-state index is 5.81. The van der Waals surface area contributed by atoms with Crippen molar-refractivity contribution >= 4 is 0 Å². The van der Waals surface area contributed by atoms with Gasteiger partial charge in [-0.1, -0.05) is 68.3 Å². The van der Waals surface area contributed by atoms with Crippen molar-refractivity contribution in [3.63, 3.8) is 0 Å². The predicted molar refractivity (Wildman–Crippen MR) is 90.0 cm³/mol. The SMILES string of the molecule is C=C/C=C(\C=C)C(CN)C(/C=C\C)=C/C=C.C=CC. The van der Waals surface area contributed by atoms with Crippen LogP contribution in [-0.2, 0) is 0 Å². The summed E-state index contributed by atoms with van der Waals surface area (Å²) in [4.78, 5) is 0. The zero-order valence-electron chi connectivity index (χ0n) is 12.3. The van der Waals surface area contributed by atoms with E-state index in [1.54, 1.807) is 18.2 Å². The molecule has 0 amide bonds. The van der Waals surface area contributed by atoms with Crippen molar-refractivity contribution in [1.29, 1.82) is 0 Å². The van der Waals surface area contributed by atoms with Crippen LogP contribution in [0.4, 0.5) is 0 Å². The van der Waals surface area contributed by atoms with Crippen LogP contribution >= 0.6 is 0 Å². The standard InChI is InChI=1S/C15H21N.C3H6/c1-5-9-13(8-4)15(12-16)14(10-6-2)11-7-3;1-3-2/h5-11,15H,1-2,4,12,16H2,3H3;3H,1H2,2H3/b11-7-,13-9+,14-10+;. The molecule has 104 valence electrons. The summed E-state index contributed by atoms with van der Waals surface area (Å²) in [5.41, 5.74) is 8.01. The number of allylic oxidation sites excluding steroid dienone is 8. The van der Waals surface area contributed by atoms with E-state index in [1.165, 1.54) is 0 Å². The van der Waals surface area contributed by atoms with Gasteiger partial charge >= 0.3 is 0 Å². The Bertz CT molecular complexity index is 367. The van der Waals surface area contributed by atoms with Gasteiger partial charge in [0.15, 0.2) is 0 Å². The van der Waals surface area contributed by atoms with Gasteiger partial charge < -0.3 is 5.73 Å². The molecule has 0 aromatic carbocycles. The largest absolute Gasteiger partial charge is 0.330 e.